The third-order valence-corrected chi connectivity index (χ3v) is 6.14. The van der Waals surface area contributed by atoms with Crippen LogP contribution in [0.25, 0.3) is 27.7 Å². The molecule has 0 unspecified atom stereocenters. The Morgan fingerprint density at radius 3 is 2.83 bits per heavy atom. The van der Waals surface area contributed by atoms with Crippen molar-refractivity contribution in [3.63, 3.8) is 0 Å². The van der Waals surface area contributed by atoms with E-state index in [1.807, 2.05) is 13.1 Å². The summed E-state index contributed by atoms with van der Waals surface area (Å²) in [5.74, 6) is 0. The van der Waals surface area contributed by atoms with Gasteiger partial charge in [0.05, 0.1) is 5.52 Å². The van der Waals surface area contributed by atoms with Gasteiger partial charge in [0.15, 0.2) is 5.65 Å². The van der Waals surface area contributed by atoms with Gasteiger partial charge < -0.3 is 15.5 Å². The minimum atomic E-state index is -0.209. The second-order valence-electron chi connectivity index (χ2n) is 7.79. The molecule has 4 rings (SSSR count). The van der Waals surface area contributed by atoms with Crippen molar-refractivity contribution in [2.24, 2.45) is 0 Å². The smallest absolute Gasteiger partial charge is 0.315 e. The molecule has 0 saturated carbocycles. The lowest BCUT2D eigenvalue weighted by molar-refractivity contribution is 0.394. The van der Waals surface area contributed by atoms with Gasteiger partial charge in [-0.2, -0.15) is 5.10 Å². The quantitative estimate of drug-likeness (QED) is 0.360. The highest BCUT2D eigenvalue weighted by molar-refractivity contribution is 7.10. The zero-order chi connectivity index (χ0) is 21.1. The molecule has 0 atom stereocenters. The van der Waals surface area contributed by atoms with Gasteiger partial charge in [0.1, 0.15) is 0 Å². The number of H-pyrrole nitrogens is 1. The van der Waals surface area contributed by atoms with Crippen molar-refractivity contribution < 1.29 is 0 Å². The van der Waals surface area contributed by atoms with E-state index in [1.165, 1.54) is 10.4 Å². The van der Waals surface area contributed by atoms with Crippen molar-refractivity contribution in [3.05, 3.63) is 56.6 Å². The van der Waals surface area contributed by atoms with Gasteiger partial charge in [0.2, 0.25) is 0 Å². The van der Waals surface area contributed by atoms with Crippen LogP contribution in [0.1, 0.15) is 16.9 Å². The number of hydrogen-bond donors (Lipinski definition) is 3. The first-order chi connectivity index (χ1) is 14.6. The second-order valence-corrected chi connectivity index (χ2v) is 8.79. The number of nitrogens with one attached hydrogen (secondary N) is 3. The summed E-state index contributed by atoms with van der Waals surface area (Å²) in [4.78, 5) is 15.9. The topological polar surface area (TPSA) is 77.5 Å². The number of aromatic nitrogens is 3. The number of benzene rings is 1. The molecule has 1 aromatic carbocycles. The second kappa shape index (κ2) is 9.09. The summed E-state index contributed by atoms with van der Waals surface area (Å²) in [5.41, 5.74) is 4.75. The summed E-state index contributed by atoms with van der Waals surface area (Å²) in [7, 11) is 6.13. The Bertz CT molecular complexity index is 1210. The molecular formula is C22H28N6OS. The Balaban J connectivity index is 1.69. The Morgan fingerprint density at radius 2 is 2.03 bits per heavy atom. The summed E-state index contributed by atoms with van der Waals surface area (Å²) in [6, 6.07) is 10.6. The molecule has 0 amide bonds. The molecule has 3 N–H and O–H groups in total. The zero-order valence-corrected chi connectivity index (χ0v) is 18.5. The standard InChI is InChI=1S/C22H28N6OS/c1-23-13-18-9-17(14-30-18)15-5-6-19-16(12-24-7-4-8-27(2)3)11-21-25-26-22(29)28(21)20(19)10-15/h5-6,9-11,14,23-24H,4,7-8,12-13H2,1-3H3,(H,26,29). The maximum absolute atomic E-state index is 12.4. The van der Waals surface area contributed by atoms with Gasteiger partial charge in [-0.15, -0.1) is 11.3 Å². The summed E-state index contributed by atoms with van der Waals surface area (Å²) in [5, 5.41) is 16.8. The number of hydrogen-bond acceptors (Lipinski definition) is 6. The molecule has 0 aliphatic heterocycles. The molecule has 4 aromatic rings. The molecule has 0 spiro atoms. The van der Waals surface area contributed by atoms with E-state index in [9.17, 15) is 4.79 Å². The largest absolute Gasteiger partial charge is 0.348 e. The van der Waals surface area contributed by atoms with Crippen molar-refractivity contribution in [3.8, 4) is 11.1 Å². The maximum Gasteiger partial charge on any atom is 0.348 e. The molecule has 0 radical (unpaired) electrons. The Morgan fingerprint density at radius 1 is 1.17 bits per heavy atom. The summed E-state index contributed by atoms with van der Waals surface area (Å²) < 4.78 is 1.66. The number of fused-ring (bicyclic) bond motifs is 3. The van der Waals surface area contributed by atoms with Crippen molar-refractivity contribution in [2.75, 3.05) is 34.2 Å². The van der Waals surface area contributed by atoms with Crippen LogP contribution in [0.2, 0.25) is 0 Å². The molecule has 0 aliphatic carbocycles. The molecule has 8 heteroatoms. The maximum atomic E-state index is 12.4. The highest BCUT2D eigenvalue weighted by Gasteiger charge is 2.12. The summed E-state index contributed by atoms with van der Waals surface area (Å²) in [6.07, 6.45) is 1.09. The van der Waals surface area contributed by atoms with E-state index in [0.29, 0.717) is 5.65 Å². The van der Waals surface area contributed by atoms with E-state index in [1.54, 1.807) is 15.7 Å². The van der Waals surface area contributed by atoms with E-state index < -0.39 is 0 Å². The molecule has 0 bridgehead atoms. The van der Waals surface area contributed by atoms with Gasteiger partial charge >= 0.3 is 5.69 Å². The summed E-state index contributed by atoms with van der Waals surface area (Å²) >= 11 is 1.74. The third kappa shape index (κ3) is 4.32. The lowest BCUT2D eigenvalue weighted by atomic mass is 10.0. The number of nitrogens with zero attached hydrogens (tertiary/aromatic N) is 3. The SMILES string of the molecule is CNCc1cc(-c2ccc3c(CNCCCN(C)C)cc4n[nH]c(=O)n4c3c2)cs1. The lowest BCUT2D eigenvalue weighted by Gasteiger charge is -2.12. The molecule has 7 nitrogen and oxygen atoms in total. The normalized spacial score (nSPS) is 11.9. The Hall–Kier alpha value is -2.52. The zero-order valence-electron chi connectivity index (χ0n) is 17.7. The monoisotopic (exact) mass is 424 g/mol. The van der Waals surface area contributed by atoms with Gasteiger partial charge in [0, 0.05) is 23.4 Å². The van der Waals surface area contributed by atoms with Crippen LogP contribution in [-0.2, 0) is 13.1 Å². The molecule has 30 heavy (non-hydrogen) atoms. The van der Waals surface area contributed by atoms with Crippen LogP contribution in [0.3, 0.4) is 0 Å². The number of aromatic amines is 1. The summed E-state index contributed by atoms with van der Waals surface area (Å²) in [6.45, 7) is 3.60. The van der Waals surface area contributed by atoms with Crippen LogP contribution in [-0.4, -0.2) is 53.7 Å². The van der Waals surface area contributed by atoms with Crippen molar-refractivity contribution in [1.29, 1.82) is 0 Å². The van der Waals surface area contributed by atoms with Crippen LogP contribution in [0.4, 0.5) is 0 Å². The van der Waals surface area contributed by atoms with E-state index in [0.717, 1.165) is 54.6 Å². The van der Waals surface area contributed by atoms with E-state index in [4.69, 9.17) is 0 Å². The molecule has 3 heterocycles. The minimum Gasteiger partial charge on any atom is -0.315 e. The van der Waals surface area contributed by atoms with Crippen molar-refractivity contribution >= 4 is 27.9 Å². The van der Waals surface area contributed by atoms with Gasteiger partial charge in [0.25, 0.3) is 0 Å². The average Bonchev–Trinajstić information content (AvgIpc) is 3.34. The van der Waals surface area contributed by atoms with E-state index >= 15 is 0 Å². The predicted octanol–water partition coefficient (Wildman–Crippen LogP) is 2.67. The van der Waals surface area contributed by atoms with E-state index in [-0.39, 0.29) is 5.69 Å². The van der Waals surface area contributed by atoms with Gasteiger partial charge in [-0.05, 0) is 80.9 Å². The molecule has 0 aliphatic rings. The lowest BCUT2D eigenvalue weighted by Crippen LogP contribution is -2.21. The minimum absolute atomic E-state index is 0.209. The first-order valence-corrected chi connectivity index (χ1v) is 11.1. The molecule has 3 aromatic heterocycles. The Labute approximate surface area is 179 Å². The predicted molar refractivity (Wildman–Crippen MR) is 124 cm³/mol. The van der Waals surface area contributed by atoms with Crippen LogP contribution < -0.4 is 16.3 Å². The molecule has 0 saturated heterocycles. The van der Waals surface area contributed by atoms with Crippen LogP contribution in [0.5, 0.6) is 0 Å². The fraction of sp³-hybridized carbons (Fsp3) is 0.364. The number of pyridine rings is 1. The highest BCUT2D eigenvalue weighted by Crippen LogP contribution is 2.30. The van der Waals surface area contributed by atoms with Gasteiger partial charge in [-0.3, -0.25) is 0 Å². The van der Waals surface area contributed by atoms with Crippen LogP contribution in [0.15, 0.2) is 40.5 Å². The Kier molecular flexibility index (Phi) is 6.29. The fourth-order valence-corrected chi connectivity index (χ4v) is 4.63. The van der Waals surface area contributed by atoms with Crippen molar-refractivity contribution in [2.45, 2.75) is 19.5 Å². The first-order valence-electron chi connectivity index (χ1n) is 10.2. The van der Waals surface area contributed by atoms with Crippen molar-refractivity contribution in [1.82, 2.24) is 30.1 Å². The number of rotatable bonds is 9. The van der Waals surface area contributed by atoms with Crippen LogP contribution >= 0.6 is 11.3 Å². The highest BCUT2D eigenvalue weighted by atomic mass is 32.1. The van der Waals surface area contributed by atoms with Crippen LogP contribution in [0, 0.1) is 0 Å². The molecule has 0 fully saturated rings. The molecular weight excluding hydrogens is 396 g/mol. The first kappa shape index (κ1) is 20.7. The average molecular weight is 425 g/mol. The number of thiophene rings is 1. The third-order valence-electron chi connectivity index (χ3n) is 5.20. The fourth-order valence-electron chi connectivity index (χ4n) is 3.73. The van der Waals surface area contributed by atoms with Gasteiger partial charge in [-0.25, -0.2) is 14.3 Å². The van der Waals surface area contributed by atoms with E-state index in [2.05, 4.69) is 69.5 Å². The van der Waals surface area contributed by atoms with Gasteiger partial charge in [-0.1, -0.05) is 12.1 Å². The molecule has 158 valence electrons.